The molecule has 4 heteroatoms. The minimum Gasteiger partial charge on any atom is -0.507 e. The van der Waals surface area contributed by atoms with Gasteiger partial charge in [-0.15, -0.1) is 0 Å². The van der Waals surface area contributed by atoms with Crippen molar-refractivity contribution in [3.05, 3.63) is 71.3 Å². The van der Waals surface area contributed by atoms with Crippen molar-refractivity contribution in [3.8, 4) is 34.1 Å². The van der Waals surface area contributed by atoms with Crippen molar-refractivity contribution in [2.45, 2.75) is 38.5 Å². The first-order valence-corrected chi connectivity index (χ1v) is 11.2. The monoisotopic (exact) mass is 416 g/mol. The minimum atomic E-state index is 0.151. The third-order valence-corrected chi connectivity index (χ3v) is 5.69. The number of phenols is 1. The summed E-state index contributed by atoms with van der Waals surface area (Å²) in [6.07, 6.45) is 13.4. The Morgan fingerprint density at radius 3 is 1.39 bits per heavy atom. The molecule has 0 atom stereocenters. The Bertz CT molecular complexity index is 999. The Labute approximate surface area is 183 Å². The van der Waals surface area contributed by atoms with Gasteiger partial charge in [0.15, 0.2) is 0 Å². The van der Waals surface area contributed by atoms with Crippen molar-refractivity contribution in [2.75, 3.05) is 19.8 Å². The van der Waals surface area contributed by atoms with E-state index in [0.29, 0.717) is 42.6 Å². The summed E-state index contributed by atoms with van der Waals surface area (Å²) in [6.45, 7) is 1.50. The maximum absolute atomic E-state index is 10.8. The summed E-state index contributed by atoms with van der Waals surface area (Å²) in [6, 6.07) is 11.2. The first-order chi connectivity index (χ1) is 15.3. The normalized spacial score (nSPS) is 15.9. The molecular weight excluding hydrogens is 388 g/mol. The zero-order valence-corrected chi connectivity index (χ0v) is 17.7. The zero-order chi connectivity index (χ0) is 21.0. The minimum absolute atomic E-state index is 0.151. The fourth-order valence-corrected chi connectivity index (χ4v) is 3.47. The van der Waals surface area contributed by atoms with E-state index in [0.717, 1.165) is 18.4 Å². The maximum atomic E-state index is 10.8. The van der Waals surface area contributed by atoms with Crippen LogP contribution in [0, 0.1) is 0 Å². The summed E-state index contributed by atoms with van der Waals surface area (Å²) >= 11 is 0. The molecule has 3 fully saturated rings. The lowest BCUT2D eigenvalue weighted by Crippen LogP contribution is -2.02. The highest BCUT2D eigenvalue weighted by Crippen LogP contribution is 2.47. The summed E-state index contributed by atoms with van der Waals surface area (Å²) in [7, 11) is 0. The molecule has 0 unspecified atom stereocenters. The predicted molar refractivity (Wildman–Crippen MR) is 122 cm³/mol. The van der Waals surface area contributed by atoms with E-state index in [1.807, 2.05) is 24.3 Å². The highest BCUT2D eigenvalue weighted by molar-refractivity contribution is 5.85. The van der Waals surface area contributed by atoms with Crippen LogP contribution in [0.15, 0.2) is 71.3 Å². The highest BCUT2D eigenvalue weighted by Gasteiger charge is 2.22. The molecule has 0 radical (unpaired) electrons. The summed E-state index contributed by atoms with van der Waals surface area (Å²) in [5.41, 5.74) is 5.64. The van der Waals surface area contributed by atoms with Crippen molar-refractivity contribution in [1.29, 1.82) is 0 Å². The Morgan fingerprint density at radius 2 is 0.968 bits per heavy atom. The second-order valence-corrected chi connectivity index (χ2v) is 8.30. The second kappa shape index (κ2) is 8.93. The molecule has 2 aromatic carbocycles. The quantitative estimate of drug-likeness (QED) is 0.458. The Balaban J connectivity index is 1.48. The molecule has 0 aromatic heterocycles. The summed E-state index contributed by atoms with van der Waals surface area (Å²) in [4.78, 5) is 0. The van der Waals surface area contributed by atoms with Crippen LogP contribution in [0.4, 0.5) is 0 Å². The van der Waals surface area contributed by atoms with Crippen LogP contribution >= 0.6 is 0 Å². The van der Waals surface area contributed by atoms with Crippen LogP contribution in [0.3, 0.4) is 0 Å². The van der Waals surface area contributed by atoms with E-state index in [2.05, 4.69) is 18.2 Å². The van der Waals surface area contributed by atoms with Crippen LogP contribution in [0.1, 0.15) is 38.5 Å². The van der Waals surface area contributed by atoms with E-state index in [1.54, 1.807) is 12.1 Å². The number of phenolic OH excluding ortho intramolecular Hbond substituents is 1. The Morgan fingerprint density at radius 1 is 0.581 bits per heavy atom. The average molecular weight is 417 g/mol. The molecule has 0 saturated heterocycles. The van der Waals surface area contributed by atoms with Gasteiger partial charge in [0.2, 0.25) is 0 Å². The molecule has 160 valence electrons. The van der Waals surface area contributed by atoms with E-state index < -0.39 is 0 Å². The zero-order valence-electron chi connectivity index (χ0n) is 17.7. The van der Waals surface area contributed by atoms with Crippen LogP contribution in [-0.4, -0.2) is 24.9 Å². The predicted octanol–water partition coefficient (Wildman–Crippen LogP) is 6.36. The van der Waals surface area contributed by atoms with E-state index in [9.17, 15) is 5.11 Å². The number of benzene rings is 2. The van der Waals surface area contributed by atoms with Crippen LogP contribution in [0.2, 0.25) is 0 Å². The van der Waals surface area contributed by atoms with Crippen LogP contribution in [-0.2, 0) is 0 Å². The van der Waals surface area contributed by atoms with Crippen molar-refractivity contribution in [3.63, 3.8) is 0 Å². The molecular formula is C27H28O4. The van der Waals surface area contributed by atoms with Gasteiger partial charge in [-0.25, -0.2) is 0 Å². The third kappa shape index (κ3) is 5.32. The van der Waals surface area contributed by atoms with Gasteiger partial charge in [-0.05, 0) is 81.0 Å². The molecule has 4 nitrogen and oxygen atoms in total. The topological polar surface area (TPSA) is 47.9 Å². The molecule has 1 N–H and O–H groups in total. The number of hydrogen-bond donors (Lipinski definition) is 1. The average Bonchev–Trinajstić information content (AvgIpc) is 3.60. The van der Waals surface area contributed by atoms with Gasteiger partial charge in [-0.3, -0.25) is 0 Å². The van der Waals surface area contributed by atoms with Gasteiger partial charge in [0.05, 0.1) is 11.1 Å². The van der Waals surface area contributed by atoms with Crippen molar-refractivity contribution < 1.29 is 19.3 Å². The molecule has 0 bridgehead atoms. The molecule has 3 aliphatic rings. The van der Waals surface area contributed by atoms with Crippen molar-refractivity contribution in [1.82, 2.24) is 0 Å². The number of ether oxygens (including phenoxy) is 3. The largest absolute Gasteiger partial charge is 0.507 e. The van der Waals surface area contributed by atoms with E-state index in [-0.39, 0.29) is 5.75 Å². The summed E-state index contributed by atoms with van der Waals surface area (Å²) < 4.78 is 18.3. The van der Waals surface area contributed by atoms with Gasteiger partial charge < -0.3 is 19.3 Å². The first kappa shape index (κ1) is 19.8. The van der Waals surface area contributed by atoms with E-state index in [1.165, 1.54) is 42.4 Å². The molecule has 0 spiro atoms. The molecule has 3 saturated carbocycles. The van der Waals surface area contributed by atoms with Gasteiger partial charge in [0, 0.05) is 0 Å². The highest BCUT2D eigenvalue weighted by atomic mass is 16.5. The van der Waals surface area contributed by atoms with E-state index in [4.69, 9.17) is 14.2 Å². The van der Waals surface area contributed by atoms with Crippen LogP contribution in [0.5, 0.6) is 23.0 Å². The molecule has 0 aliphatic heterocycles. The van der Waals surface area contributed by atoms with Crippen molar-refractivity contribution >= 4 is 0 Å². The third-order valence-electron chi connectivity index (χ3n) is 5.69. The Hall–Kier alpha value is -3.14. The fraction of sp³-hybridized carbons (Fsp3) is 0.333. The van der Waals surface area contributed by atoms with Gasteiger partial charge in [0.1, 0.15) is 42.8 Å². The first-order valence-electron chi connectivity index (χ1n) is 11.2. The number of hydrogen-bond acceptors (Lipinski definition) is 4. The maximum Gasteiger partial charge on any atom is 0.131 e. The number of rotatable bonds is 10. The SMILES string of the molecule is Oc1cccc(OCC=C2CC2)c1-c1c(OCC=C2CC2)cccc1OCC=C1CC1. The smallest absolute Gasteiger partial charge is 0.131 e. The molecule has 0 amide bonds. The lowest BCUT2D eigenvalue weighted by Gasteiger charge is -2.19. The molecule has 31 heavy (non-hydrogen) atoms. The standard InChI is InChI=1S/C27H28O4/c28-22-3-1-4-23(29-16-13-19-7-8-19)26(22)27-24(30-17-14-20-9-10-20)5-2-6-25(27)31-18-15-21-11-12-21/h1-6,13-15,28H,7-12,16-18H2. The van der Waals surface area contributed by atoms with Gasteiger partial charge in [0.25, 0.3) is 0 Å². The lowest BCUT2D eigenvalue weighted by atomic mass is 10.0. The Kier molecular flexibility index (Phi) is 5.70. The molecule has 0 heterocycles. The molecule has 5 rings (SSSR count). The summed E-state index contributed by atoms with van der Waals surface area (Å²) in [5.74, 6) is 2.14. The van der Waals surface area contributed by atoms with Gasteiger partial charge in [-0.2, -0.15) is 0 Å². The van der Waals surface area contributed by atoms with E-state index >= 15 is 0 Å². The number of aromatic hydroxyl groups is 1. The number of allylic oxidation sites excluding steroid dienone is 3. The van der Waals surface area contributed by atoms with Gasteiger partial charge in [-0.1, -0.05) is 28.9 Å². The summed E-state index contributed by atoms with van der Waals surface area (Å²) in [5, 5.41) is 10.8. The molecule has 2 aromatic rings. The van der Waals surface area contributed by atoms with Crippen LogP contribution < -0.4 is 14.2 Å². The molecule has 3 aliphatic carbocycles. The second-order valence-electron chi connectivity index (χ2n) is 8.30. The van der Waals surface area contributed by atoms with Crippen LogP contribution in [0.25, 0.3) is 11.1 Å². The fourth-order valence-electron chi connectivity index (χ4n) is 3.47. The lowest BCUT2D eigenvalue weighted by molar-refractivity contribution is 0.343. The van der Waals surface area contributed by atoms with Gasteiger partial charge >= 0.3 is 0 Å². The van der Waals surface area contributed by atoms with Crippen molar-refractivity contribution in [2.24, 2.45) is 0 Å².